The Balaban J connectivity index is 1.72. The Labute approximate surface area is 218 Å². The highest BCUT2D eigenvalue weighted by Crippen LogP contribution is 2.34. The number of fused-ring (bicyclic) bond motifs is 1. The van der Waals surface area contributed by atoms with Crippen molar-refractivity contribution in [3.63, 3.8) is 0 Å². The van der Waals surface area contributed by atoms with Gasteiger partial charge in [-0.25, -0.2) is 15.0 Å². The maximum atomic E-state index is 12.2. The van der Waals surface area contributed by atoms with Gasteiger partial charge >= 0.3 is 0 Å². The van der Waals surface area contributed by atoms with Crippen molar-refractivity contribution in [3.8, 4) is 28.7 Å². The van der Waals surface area contributed by atoms with E-state index in [1.807, 2.05) is 43.6 Å². The number of carbonyl (C=O) groups excluding carboxylic acids is 1. The summed E-state index contributed by atoms with van der Waals surface area (Å²) in [7, 11) is 4.11. The van der Waals surface area contributed by atoms with Crippen LogP contribution < -0.4 is 4.90 Å². The number of benzene rings is 2. The maximum Gasteiger partial charge on any atom is 0.225 e. The molecule has 1 atom stereocenters. The van der Waals surface area contributed by atoms with Crippen LogP contribution in [0.4, 0.5) is 5.95 Å². The number of imidazole rings is 1. The zero-order valence-corrected chi connectivity index (χ0v) is 21.9. The number of para-hydroxylation sites is 1. The normalized spacial score (nSPS) is 14.1. The molecule has 1 aliphatic rings. The summed E-state index contributed by atoms with van der Waals surface area (Å²) >= 11 is 0. The molecular weight excluding hydrogens is 460 g/mol. The van der Waals surface area contributed by atoms with E-state index in [-0.39, 0.29) is 6.04 Å². The smallest absolute Gasteiger partial charge is 0.225 e. The van der Waals surface area contributed by atoms with Gasteiger partial charge in [0.05, 0.1) is 22.8 Å². The molecular formula is C30H32N6O. The van der Waals surface area contributed by atoms with Gasteiger partial charge in [0, 0.05) is 42.2 Å². The summed E-state index contributed by atoms with van der Waals surface area (Å²) in [5, 5.41) is 0. The molecule has 5 rings (SSSR count). The van der Waals surface area contributed by atoms with Crippen molar-refractivity contribution in [1.82, 2.24) is 24.4 Å². The molecule has 4 aromatic rings. The molecule has 7 nitrogen and oxygen atoms in total. The quantitative estimate of drug-likeness (QED) is 0.258. The minimum Gasteiger partial charge on any atom is -0.341 e. The minimum absolute atomic E-state index is 0.0565. The van der Waals surface area contributed by atoms with Crippen LogP contribution in [-0.2, 0) is 0 Å². The van der Waals surface area contributed by atoms with Gasteiger partial charge in [-0.05, 0) is 70.1 Å². The van der Waals surface area contributed by atoms with Crippen molar-refractivity contribution < 1.29 is 4.79 Å². The average molecular weight is 493 g/mol. The summed E-state index contributed by atoms with van der Waals surface area (Å²) in [6.45, 7) is 5.98. The number of nitrogens with zero attached hydrogens (tertiary/aromatic N) is 6. The Morgan fingerprint density at radius 1 is 1.08 bits per heavy atom. The first-order valence-corrected chi connectivity index (χ1v) is 12.8. The van der Waals surface area contributed by atoms with Gasteiger partial charge in [0.15, 0.2) is 6.29 Å². The third-order valence-electron chi connectivity index (χ3n) is 7.03. The van der Waals surface area contributed by atoms with E-state index in [1.54, 1.807) is 0 Å². The third kappa shape index (κ3) is 4.61. The molecule has 1 fully saturated rings. The molecule has 7 heteroatoms. The fourth-order valence-electron chi connectivity index (χ4n) is 5.20. The number of hydrogen-bond acceptors (Lipinski definition) is 6. The number of aromatic nitrogens is 4. The van der Waals surface area contributed by atoms with E-state index < -0.39 is 0 Å². The van der Waals surface area contributed by atoms with Crippen LogP contribution in [0.5, 0.6) is 0 Å². The van der Waals surface area contributed by atoms with Gasteiger partial charge in [-0.1, -0.05) is 25.0 Å². The van der Waals surface area contributed by atoms with Gasteiger partial charge in [-0.3, -0.25) is 14.3 Å². The molecule has 0 radical (unpaired) electrons. The van der Waals surface area contributed by atoms with Crippen LogP contribution in [0.3, 0.4) is 0 Å². The molecule has 1 saturated heterocycles. The van der Waals surface area contributed by atoms with Crippen LogP contribution >= 0.6 is 0 Å². The van der Waals surface area contributed by atoms with Crippen LogP contribution in [0.15, 0.2) is 48.8 Å². The topological polar surface area (TPSA) is 67.2 Å². The fraction of sp³-hybridized carbons (Fsp3) is 0.333. The minimum atomic E-state index is 0.0565. The van der Waals surface area contributed by atoms with Crippen LogP contribution in [0.2, 0.25) is 0 Å². The Kier molecular flexibility index (Phi) is 7.02. The third-order valence-corrected chi connectivity index (χ3v) is 7.03. The number of hydrogen-bond donors (Lipinski definition) is 0. The first-order valence-electron chi connectivity index (χ1n) is 12.8. The number of carbonyl (C=O) groups is 1. The summed E-state index contributed by atoms with van der Waals surface area (Å²) in [5.41, 5.74) is 5.87. The second kappa shape index (κ2) is 10.5. The molecule has 0 aliphatic carbocycles. The Morgan fingerprint density at radius 2 is 1.84 bits per heavy atom. The van der Waals surface area contributed by atoms with E-state index in [4.69, 9.17) is 4.98 Å². The number of rotatable bonds is 7. The molecule has 0 amide bonds. The second-order valence-corrected chi connectivity index (χ2v) is 9.60. The zero-order valence-electron chi connectivity index (χ0n) is 21.9. The molecule has 188 valence electrons. The Bertz CT molecular complexity index is 1490. The molecule has 2 aromatic carbocycles. The van der Waals surface area contributed by atoms with E-state index in [0.29, 0.717) is 5.56 Å². The van der Waals surface area contributed by atoms with Crippen LogP contribution in [-0.4, -0.2) is 57.9 Å². The van der Waals surface area contributed by atoms with Crippen molar-refractivity contribution >= 4 is 23.3 Å². The molecule has 0 saturated carbocycles. The van der Waals surface area contributed by atoms with Gasteiger partial charge < -0.3 is 4.90 Å². The first-order chi connectivity index (χ1) is 18.0. The standard InChI is InChI=1S/C30H32N6O/c1-5-10-21-11-9-12-23(20-37)28(21)36-27-17-22(13-14-25(27)33-29(36)26(6-2)34(3)4)24-18-31-30(32-19-24)35-15-7-8-16-35/h9,11-14,17-20,26H,6-8,15-16H2,1-4H3. The molecule has 37 heavy (non-hydrogen) atoms. The highest BCUT2D eigenvalue weighted by Gasteiger charge is 2.25. The van der Waals surface area contributed by atoms with Gasteiger partial charge in [0.1, 0.15) is 5.82 Å². The van der Waals surface area contributed by atoms with Gasteiger partial charge in [-0.2, -0.15) is 0 Å². The SMILES string of the molecule is CC#Cc1cccc(C=O)c1-n1c(C(CC)N(C)C)nc2ccc(-c3cnc(N4CCCC4)nc3)cc21. The summed E-state index contributed by atoms with van der Waals surface area (Å²) in [6, 6.07) is 11.9. The molecule has 0 spiro atoms. The zero-order chi connectivity index (χ0) is 25.9. The van der Waals surface area contributed by atoms with E-state index in [9.17, 15) is 4.79 Å². The summed E-state index contributed by atoms with van der Waals surface area (Å²) < 4.78 is 2.12. The largest absolute Gasteiger partial charge is 0.341 e. The number of anilines is 1. The van der Waals surface area contributed by atoms with Gasteiger partial charge in [0.2, 0.25) is 5.95 Å². The fourth-order valence-corrected chi connectivity index (χ4v) is 5.20. The summed E-state index contributed by atoms with van der Waals surface area (Å²) in [5.74, 6) is 7.88. The maximum absolute atomic E-state index is 12.2. The lowest BCUT2D eigenvalue weighted by Crippen LogP contribution is -2.23. The van der Waals surface area contributed by atoms with E-state index >= 15 is 0 Å². The van der Waals surface area contributed by atoms with Crippen LogP contribution in [0.25, 0.3) is 27.8 Å². The van der Waals surface area contributed by atoms with Crippen molar-refractivity contribution in [2.75, 3.05) is 32.1 Å². The van der Waals surface area contributed by atoms with E-state index in [1.165, 1.54) is 12.8 Å². The summed E-state index contributed by atoms with van der Waals surface area (Å²) in [4.78, 5) is 31.0. The van der Waals surface area contributed by atoms with Crippen molar-refractivity contribution in [1.29, 1.82) is 0 Å². The second-order valence-electron chi connectivity index (χ2n) is 9.60. The molecule has 0 bridgehead atoms. The Hall–Kier alpha value is -4.02. The lowest BCUT2D eigenvalue weighted by Gasteiger charge is -2.24. The molecule has 1 unspecified atom stereocenters. The first kappa shape index (κ1) is 24.7. The molecule has 3 heterocycles. The molecule has 0 N–H and O–H groups in total. The van der Waals surface area contributed by atoms with E-state index in [0.717, 1.165) is 71.0 Å². The van der Waals surface area contributed by atoms with Crippen molar-refractivity contribution in [2.45, 2.75) is 39.2 Å². The summed E-state index contributed by atoms with van der Waals surface area (Å²) in [6.07, 6.45) is 7.93. The lowest BCUT2D eigenvalue weighted by molar-refractivity contribution is 0.112. The van der Waals surface area contributed by atoms with E-state index in [2.05, 4.69) is 69.3 Å². The molecule has 1 aliphatic heterocycles. The average Bonchev–Trinajstić information content (AvgIpc) is 3.57. The lowest BCUT2D eigenvalue weighted by atomic mass is 10.1. The van der Waals surface area contributed by atoms with Crippen molar-refractivity contribution in [2.24, 2.45) is 0 Å². The van der Waals surface area contributed by atoms with Crippen LogP contribution in [0.1, 0.15) is 60.9 Å². The highest BCUT2D eigenvalue weighted by molar-refractivity contribution is 5.89. The monoisotopic (exact) mass is 492 g/mol. The van der Waals surface area contributed by atoms with Gasteiger partial charge in [0.25, 0.3) is 0 Å². The van der Waals surface area contributed by atoms with Crippen LogP contribution in [0, 0.1) is 11.8 Å². The highest BCUT2D eigenvalue weighted by atomic mass is 16.1. The van der Waals surface area contributed by atoms with Crippen molar-refractivity contribution in [3.05, 3.63) is 65.7 Å². The Morgan fingerprint density at radius 3 is 2.49 bits per heavy atom. The van der Waals surface area contributed by atoms with Gasteiger partial charge in [-0.15, -0.1) is 5.92 Å². The predicted octanol–water partition coefficient (Wildman–Crippen LogP) is 5.28. The number of aldehydes is 1. The predicted molar refractivity (Wildman–Crippen MR) is 148 cm³/mol. The molecule has 2 aromatic heterocycles.